The summed E-state index contributed by atoms with van der Waals surface area (Å²) in [6, 6.07) is 16.0. The summed E-state index contributed by atoms with van der Waals surface area (Å²) in [5.41, 5.74) is 3.15. The van der Waals surface area contributed by atoms with Crippen LogP contribution in [0, 0.1) is 18.7 Å². The Hall–Kier alpha value is -1.63. The molecule has 0 saturated carbocycles. The maximum atomic E-state index is 13.5. The van der Waals surface area contributed by atoms with Crippen molar-refractivity contribution in [2.24, 2.45) is 5.92 Å². The van der Waals surface area contributed by atoms with Crippen molar-refractivity contribution in [3.8, 4) is 0 Å². The predicted molar refractivity (Wildman–Crippen MR) is 74.2 cm³/mol. The Balaban J connectivity index is 1.99. The molecule has 0 radical (unpaired) electrons. The first-order valence-corrected chi connectivity index (χ1v) is 6.44. The third kappa shape index (κ3) is 3.43. The highest BCUT2D eigenvalue weighted by atomic mass is 19.1. The van der Waals surface area contributed by atoms with Crippen LogP contribution in [-0.4, -0.2) is 0 Å². The van der Waals surface area contributed by atoms with Crippen molar-refractivity contribution >= 4 is 0 Å². The fourth-order valence-corrected chi connectivity index (χ4v) is 2.25. The van der Waals surface area contributed by atoms with Crippen LogP contribution in [0.15, 0.2) is 48.5 Å². The second kappa shape index (κ2) is 5.81. The first-order chi connectivity index (χ1) is 8.65. The SMILES string of the molecule is Cc1ccc(CC(C)Cc2ccccc2)cc1F. The van der Waals surface area contributed by atoms with Gasteiger partial charge in [-0.15, -0.1) is 0 Å². The molecule has 0 aliphatic heterocycles. The molecule has 2 rings (SSSR count). The molecule has 1 unspecified atom stereocenters. The maximum Gasteiger partial charge on any atom is 0.126 e. The van der Waals surface area contributed by atoms with Crippen molar-refractivity contribution in [2.75, 3.05) is 0 Å². The van der Waals surface area contributed by atoms with E-state index < -0.39 is 0 Å². The van der Waals surface area contributed by atoms with Crippen LogP contribution < -0.4 is 0 Å². The minimum atomic E-state index is -0.0978. The molecule has 0 nitrogen and oxygen atoms in total. The molecule has 0 aliphatic rings. The van der Waals surface area contributed by atoms with Crippen molar-refractivity contribution in [3.63, 3.8) is 0 Å². The molecular formula is C17H19F. The fraction of sp³-hybridized carbons (Fsp3) is 0.294. The van der Waals surface area contributed by atoms with Gasteiger partial charge >= 0.3 is 0 Å². The van der Waals surface area contributed by atoms with Gasteiger partial charge in [-0.1, -0.05) is 49.4 Å². The minimum absolute atomic E-state index is 0.0978. The predicted octanol–water partition coefficient (Wildman–Crippen LogP) is 4.56. The van der Waals surface area contributed by atoms with Gasteiger partial charge in [0.2, 0.25) is 0 Å². The van der Waals surface area contributed by atoms with E-state index in [1.807, 2.05) is 18.2 Å². The van der Waals surface area contributed by atoms with Gasteiger partial charge < -0.3 is 0 Å². The van der Waals surface area contributed by atoms with Crippen LogP contribution in [-0.2, 0) is 12.8 Å². The molecule has 2 aromatic rings. The molecule has 1 heteroatoms. The average Bonchev–Trinajstić information content (AvgIpc) is 2.35. The molecule has 0 saturated heterocycles. The zero-order chi connectivity index (χ0) is 13.0. The van der Waals surface area contributed by atoms with Crippen LogP contribution in [0.4, 0.5) is 4.39 Å². The molecule has 0 fully saturated rings. The van der Waals surface area contributed by atoms with E-state index in [1.165, 1.54) is 5.56 Å². The average molecular weight is 242 g/mol. The van der Waals surface area contributed by atoms with Crippen LogP contribution in [0.5, 0.6) is 0 Å². The van der Waals surface area contributed by atoms with Gasteiger partial charge in [-0.2, -0.15) is 0 Å². The van der Waals surface area contributed by atoms with Crippen LogP contribution in [0.3, 0.4) is 0 Å². The monoisotopic (exact) mass is 242 g/mol. The lowest BCUT2D eigenvalue weighted by Crippen LogP contribution is -2.04. The van der Waals surface area contributed by atoms with Crippen LogP contribution >= 0.6 is 0 Å². The Morgan fingerprint density at radius 2 is 1.61 bits per heavy atom. The summed E-state index contributed by atoms with van der Waals surface area (Å²) in [5.74, 6) is 0.425. The molecule has 0 aliphatic carbocycles. The van der Waals surface area contributed by atoms with Crippen molar-refractivity contribution in [1.29, 1.82) is 0 Å². The molecule has 0 spiro atoms. The molecule has 1 atom stereocenters. The maximum absolute atomic E-state index is 13.5. The Bertz CT molecular complexity index is 502. The summed E-state index contributed by atoms with van der Waals surface area (Å²) < 4.78 is 13.5. The van der Waals surface area contributed by atoms with E-state index in [9.17, 15) is 4.39 Å². The number of hydrogen-bond donors (Lipinski definition) is 0. The normalized spacial score (nSPS) is 12.4. The summed E-state index contributed by atoms with van der Waals surface area (Å²) in [5, 5.41) is 0. The lowest BCUT2D eigenvalue weighted by molar-refractivity contribution is 0.569. The van der Waals surface area contributed by atoms with Gasteiger partial charge in [0.1, 0.15) is 5.82 Å². The van der Waals surface area contributed by atoms with Gasteiger partial charge in [0, 0.05) is 0 Å². The number of halogens is 1. The zero-order valence-electron chi connectivity index (χ0n) is 11.0. The number of aryl methyl sites for hydroxylation is 1. The third-order valence-electron chi connectivity index (χ3n) is 3.25. The molecule has 0 N–H and O–H groups in total. The third-order valence-corrected chi connectivity index (χ3v) is 3.25. The van der Waals surface area contributed by atoms with E-state index in [0.717, 1.165) is 24.0 Å². The lowest BCUT2D eigenvalue weighted by atomic mass is 9.94. The molecule has 94 valence electrons. The van der Waals surface area contributed by atoms with Crippen LogP contribution in [0.25, 0.3) is 0 Å². The molecule has 0 aromatic heterocycles. The molecule has 0 amide bonds. The highest BCUT2D eigenvalue weighted by Crippen LogP contribution is 2.16. The minimum Gasteiger partial charge on any atom is -0.207 e. The summed E-state index contributed by atoms with van der Waals surface area (Å²) in [6.07, 6.45) is 1.96. The van der Waals surface area contributed by atoms with Crippen molar-refractivity contribution in [3.05, 3.63) is 71.0 Å². The molecular weight excluding hydrogens is 223 g/mol. The van der Waals surface area contributed by atoms with Gasteiger partial charge in [0.15, 0.2) is 0 Å². The van der Waals surface area contributed by atoms with E-state index in [4.69, 9.17) is 0 Å². The zero-order valence-corrected chi connectivity index (χ0v) is 11.0. The Morgan fingerprint density at radius 3 is 2.28 bits per heavy atom. The highest BCUT2D eigenvalue weighted by Gasteiger charge is 2.06. The van der Waals surface area contributed by atoms with Crippen molar-refractivity contribution < 1.29 is 4.39 Å². The second-order valence-electron chi connectivity index (χ2n) is 5.08. The van der Waals surface area contributed by atoms with Gasteiger partial charge in [-0.3, -0.25) is 0 Å². The Morgan fingerprint density at radius 1 is 0.944 bits per heavy atom. The van der Waals surface area contributed by atoms with Crippen molar-refractivity contribution in [2.45, 2.75) is 26.7 Å². The second-order valence-corrected chi connectivity index (χ2v) is 5.08. The summed E-state index contributed by atoms with van der Waals surface area (Å²) in [7, 11) is 0. The van der Waals surface area contributed by atoms with Gasteiger partial charge in [0.25, 0.3) is 0 Å². The van der Waals surface area contributed by atoms with Crippen LogP contribution in [0.2, 0.25) is 0 Å². The van der Waals surface area contributed by atoms with Gasteiger partial charge in [0.05, 0.1) is 0 Å². The lowest BCUT2D eigenvalue weighted by Gasteiger charge is -2.12. The summed E-state index contributed by atoms with van der Waals surface area (Å²) >= 11 is 0. The molecule has 2 aromatic carbocycles. The summed E-state index contributed by atoms with van der Waals surface area (Å²) in [6.45, 7) is 4.01. The van der Waals surface area contributed by atoms with E-state index in [-0.39, 0.29) is 5.82 Å². The fourth-order valence-electron chi connectivity index (χ4n) is 2.25. The van der Waals surface area contributed by atoms with E-state index in [1.54, 1.807) is 13.0 Å². The quantitative estimate of drug-likeness (QED) is 0.737. The molecule has 0 heterocycles. The van der Waals surface area contributed by atoms with Gasteiger partial charge in [-0.05, 0) is 48.4 Å². The number of benzene rings is 2. The smallest absolute Gasteiger partial charge is 0.126 e. The van der Waals surface area contributed by atoms with Crippen molar-refractivity contribution in [1.82, 2.24) is 0 Å². The highest BCUT2D eigenvalue weighted by molar-refractivity contribution is 5.24. The Labute approximate surface area is 108 Å². The standard InChI is InChI=1S/C17H19F/c1-13(10-15-6-4-3-5-7-15)11-16-9-8-14(2)17(18)12-16/h3-9,12-13H,10-11H2,1-2H3. The first-order valence-electron chi connectivity index (χ1n) is 6.44. The number of hydrogen-bond acceptors (Lipinski definition) is 0. The first kappa shape index (κ1) is 12.8. The van der Waals surface area contributed by atoms with Gasteiger partial charge in [-0.25, -0.2) is 4.39 Å². The van der Waals surface area contributed by atoms with E-state index in [2.05, 4.69) is 31.2 Å². The van der Waals surface area contributed by atoms with Crippen LogP contribution in [0.1, 0.15) is 23.6 Å². The largest absolute Gasteiger partial charge is 0.207 e. The van der Waals surface area contributed by atoms with E-state index in [0.29, 0.717) is 5.92 Å². The molecule has 18 heavy (non-hydrogen) atoms. The molecule has 0 bridgehead atoms. The topological polar surface area (TPSA) is 0 Å². The Kier molecular flexibility index (Phi) is 4.14. The van der Waals surface area contributed by atoms with E-state index >= 15 is 0 Å². The number of rotatable bonds is 4. The summed E-state index contributed by atoms with van der Waals surface area (Å²) in [4.78, 5) is 0.